The fourth-order valence-corrected chi connectivity index (χ4v) is 5.85. The van der Waals surface area contributed by atoms with Crippen LogP contribution in [0.25, 0.3) is 0 Å². The minimum Gasteiger partial charge on any atom is -0.352 e. The molecular formula is C19H25N3O4S. The largest absolute Gasteiger partial charge is 0.352 e. The third kappa shape index (κ3) is 3.87. The highest BCUT2D eigenvalue weighted by Crippen LogP contribution is 2.34. The number of nitrogens with zero attached hydrogens (tertiary/aromatic N) is 2. The van der Waals surface area contributed by atoms with Crippen LogP contribution >= 0.6 is 0 Å². The number of hydrogen-bond donors (Lipinski definition) is 1. The summed E-state index contributed by atoms with van der Waals surface area (Å²) < 4.78 is 26.0. The van der Waals surface area contributed by atoms with Gasteiger partial charge in [0.2, 0.25) is 15.9 Å². The van der Waals surface area contributed by atoms with E-state index in [1.165, 1.54) is 0 Å². The minimum absolute atomic E-state index is 0.0320. The number of carbonyl (C=O) groups is 2. The van der Waals surface area contributed by atoms with Crippen LogP contribution in [0.15, 0.2) is 24.3 Å². The first kappa shape index (κ1) is 18.4. The molecule has 0 spiro atoms. The zero-order chi connectivity index (χ0) is 19.2. The smallest absolute Gasteiger partial charge is 0.253 e. The fraction of sp³-hybridized carbons (Fsp3) is 0.579. The molecule has 27 heavy (non-hydrogen) atoms. The molecule has 146 valence electrons. The number of amides is 2. The normalized spacial score (nSPS) is 27.9. The Morgan fingerprint density at radius 2 is 2.07 bits per heavy atom. The molecule has 3 aliphatic rings. The zero-order valence-electron chi connectivity index (χ0n) is 15.4. The molecule has 2 heterocycles. The lowest BCUT2D eigenvalue weighted by Gasteiger charge is -2.23. The second-order valence-corrected chi connectivity index (χ2v) is 9.82. The molecule has 2 amide bonds. The Morgan fingerprint density at radius 1 is 1.30 bits per heavy atom. The summed E-state index contributed by atoms with van der Waals surface area (Å²) in [7, 11) is -3.52. The number of carbonyl (C=O) groups excluding carboxylic acids is 2. The van der Waals surface area contributed by atoms with Crippen molar-refractivity contribution >= 4 is 21.8 Å². The SMILES string of the molecule is Cc1cccc(CC(=O)N[C@H]2C[C@H]3C(=O)N(C4CC4)S(=O)(=O)CCN3C2)c1. The van der Waals surface area contributed by atoms with Gasteiger partial charge in [0.25, 0.3) is 5.91 Å². The van der Waals surface area contributed by atoms with Gasteiger partial charge in [-0.2, -0.15) is 0 Å². The summed E-state index contributed by atoms with van der Waals surface area (Å²) in [6.07, 6.45) is 2.29. The summed E-state index contributed by atoms with van der Waals surface area (Å²) in [5.41, 5.74) is 2.07. The van der Waals surface area contributed by atoms with Gasteiger partial charge in [-0.05, 0) is 31.7 Å². The summed E-state index contributed by atoms with van der Waals surface area (Å²) >= 11 is 0. The highest BCUT2D eigenvalue weighted by atomic mass is 32.2. The van der Waals surface area contributed by atoms with Gasteiger partial charge >= 0.3 is 0 Å². The van der Waals surface area contributed by atoms with Crippen LogP contribution in [0.4, 0.5) is 0 Å². The number of hydrogen-bond acceptors (Lipinski definition) is 5. The molecule has 0 bridgehead atoms. The molecule has 4 rings (SSSR count). The van der Waals surface area contributed by atoms with E-state index in [2.05, 4.69) is 5.32 Å². The van der Waals surface area contributed by atoms with Crippen molar-refractivity contribution < 1.29 is 18.0 Å². The highest BCUT2D eigenvalue weighted by Gasteiger charge is 2.49. The van der Waals surface area contributed by atoms with Crippen molar-refractivity contribution in [1.82, 2.24) is 14.5 Å². The van der Waals surface area contributed by atoms with E-state index in [9.17, 15) is 18.0 Å². The second kappa shape index (κ2) is 6.91. The molecule has 1 aromatic rings. The van der Waals surface area contributed by atoms with E-state index in [1.54, 1.807) is 0 Å². The topological polar surface area (TPSA) is 86.8 Å². The van der Waals surface area contributed by atoms with E-state index in [-0.39, 0.29) is 29.7 Å². The molecule has 2 saturated heterocycles. The molecule has 1 aromatic carbocycles. The summed E-state index contributed by atoms with van der Waals surface area (Å²) in [4.78, 5) is 27.2. The van der Waals surface area contributed by atoms with Crippen molar-refractivity contribution in [1.29, 1.82) is 0 Å². The molecule has 0 radical (unpaired) electrons. The molecule has 8 heteroatoms. The first-order valence-electron chi connectivity index (χ1n) is 9.48. The van der Waals surface area contributed by atoms with Crippen molar-refractivity contribution in [3.63, 3.8) is 0 Å². The van der Waals surface area contributed by atoms with Crippen molar-refractivity contribution in [3.05, 3.63) is 35.4 Å². The Hall–Kier alpha value is -1.93. The number of fused-ring (bicyclic) bond motifs is 1. The van der Waals surface area contributed by atoms with Crippen LogP contribution in [0.2, 0.25) is 0 Å². The molecule has 7 nitrogen and oxygen atoms in total. The lowest BCUT2D eigenvalue weighted by molar-refractivity contribution is -0.131. The minimum atomic E-state index is -3.52. The molecule has 2 aliphatic heterocycles. The monoisotopic (exact) mass is 391 g/mol. The summed E-state index contributed by atoms with van der Waals surface area (Å²) in [5.74, 6) is -0.414. The van der Waals surface area contributed by atoms with Crippen LogP contribution in [0.1, 0.15) is 30.4 Å². The summed E-state index contributed by atoms with van der Waals surface area (Å²) in [5, 5.41) is 3.02. The van der Waals surface area contributed by atoms with Gasteiger partial charge in [-0.25, -0.2) is 12.7 Å². The Labute approximate surface area is 159 Å². The van der Waals surface area contributed by atoms with Crippen LogP contribution in [0.5, 0.6) is 0 Å². The average Bonchev–Trinajstić information content (AvgIpc) is 3.33. The van der Waals surface area contributed by atoms with E-state index < -0.39 is 16.1 Å². The van der Waals surface area contributed by atoms with E-state index in [0.717, 1.165) is 28.3 Å². The van der Waals surface area contributed by atoms with Crippen molar-refractivity contribution in [2.45, 2.75) is 50.7 Å². The lowest BCUT2D eigenvalue weighted by atomic mass is 10.1. The maximum Gasteiger partial charge on any atom is 0.253 e. The van der Waals surface area contributed by atoms with Crippen molar-refractivity contribution in [2.75, 3.05) is 18.8 Å². The Kier molecular flexibility index (Phi) is 4.71. The van der Waals surface area contributed by atoms with Crippen LogP contribution in [-0.4, -0.2) is 66.4 Å². The number of rotatable bonds is 4. The van der Waals surface area contributed by atoms with Crippen LogP contribution < -0.4 is 5.32 Å². The molecule has 0 aromatic heterocycles. The van der Waals surface area contributed by atoms with Gasteiger partial charge in [0, 0.05) is 25.2 Å². The van der Waals surface area contributed by atoms with Gasteiger partial charge in [-0.3, -0.25) is 14.5 Å². The Bertz CT molecular complexity index is 865. The van der Waals surface area contributed by atoms with Gasteiger partial charge in [0.05, 0.1) is 18.2 Å². The third-order valence-corrected chi connectivity index (χ3v) is 7.31. The van der Waals surface area contributed by atoms with Gasteiger partial charge in [-0.1, -0.05) is 29.8 Å². The van der Waals surface area contributed by atoms with E-state index in [0.29, 0.717) is 25.9 Å². The Balaban J connectivity index is 1.41. The Morgan fingerprint density at radius 3 is 2.78 bits per heavy atom. The predicted octanol–water partition coefficient (Wildman–Crippen LogP) is 0.431. The number of aryl methyl sites for hydroxylation is 1. The van der Waals surface area contributed by atoms with Gasteiger partial charge in [0.1, 0.15) is 0 Å². The molecule has 1 N–H and O–H groups in total. The molecule has 0 unspecified atom stereocenters. The van der Waals surface area contributed by atoms with Crippen molar-refractivity contribution in [2.24, 2.45) is 0 Å². The fourth-order valence-electron chi connectivity index (χ4n) is 4.13. The molecule has 2 atom stereocenters. The zero-order valence-corrected chi connectivity index (χ0v) is 16.2. The van der Waals surface area contributed by atoms with Crippen LogP contribution in [-0.2, 0) is 26.0 Å². The number of sulfonamides is 1. The van der Waals surface area contributed by atoms with E-state index in [1.807, 2.05) is 36.1 Å². The van der Waals surface area contributed by atoms with Crippen LogP contribution in [0, 0.1) is 6.92 Å². The summed E-state index contributed by atoms with van der Waals surface area (Å²) in [6, 6.07) is 7.11. The average molecular weight is 391 g/mol. The first-order valence-corrected chi connectivity index (χ1v) is 11.1. The maximum absolute atomic E-state index is 12.9. The van der Waals surface area contributed by atoms with Crippen molar-refractivity contribution in [3.8, 4) is 0 Å². The quantitative estimate of drug-likeness (QED) is 0.804. The van der Waals surface area contributed by atoms with Gasteiger partial charge in [-0.15, -0.1) is 0 Å². The molecule has 3 fully saturated rings. The third-order valence-electron chi connectivity index (χ3n) is 5.53. The van der Waals surface area contributed by atoms with Gasteiger partial charge in [0.15, 0.2) is 0 Å². The highest BCUT2D eigenvalue weighted by molar-refractivity contribution is 7.89. The molecule has 1 saturated carbocycles. The maximum atomic E-state index is 12.9. The molecule has 1 aliphatic carbocycles. The second-order valence-electron chi connectivity index (χ2n) is 7.86. The summed E-state index contributed by atoms with van der Waals surface area (Å²) in [6.45, 7) is 2.85. The van der Waals surface area contributed by atoms with Gasteiger partial charge < -0.3 is 5.32 Å². The lowest BCUT2D eigenvalue weighted by Crippen LogP contribution is -2.45. The predicted molar refractivity (Wildman–Crippen MR) is 100 cm³/mol. The number of benzene rings is 1. The number of nitrogens with one attached hydrogen (secondary N) is 1. The van der Waals surface area contributed by atoms with Crippen LogP contribution in [0.3, 0.4) is 0 Å². The van der Waals surface area contributed by atoms with E-state index in [4.69, 9.17) is 0 Å². The molecular weight excluding hydrogens is 366 g/mol. The standard InChI is InChI=1S/C19H25N3O4S/c1-13-3-2-4-14(9-13)10-18(23)20-15-11-17-19(24)22(16-5-6-16)27(25,26)8-7-21(17)12-15/h2-4,9,15-17H,5-8,10-12H2,1H3,(H,20,23)/t15-,17-/m0/s1. The van der Waals surface area contributed by atoms with E-state index >= 15 is 0 Å². The first-order chi connectivity index (χ1) is 12.8.